The predicted octanol–water partition coefficient (Wildman–Crippen LogP) is 1.88. The van der Waals surface area contributed by atoms with Crippen molar-refractivity contribution in [3.05, 3.63) is 0 Å². The minimum atomic E-state index is -0.190. The summed E-state index contributed by atoms with van der Waals surface area (Å²) >= 11 is 3.21. The Morgan fingerprint density at radius 3 is 1.30 bits per heavy atom. The highest BCUT2D eigenvalue weighted by Gasteiger charge is 2.12. The van der Waals surface area contributed by atoms with E-state index in [1.165, 1.54) is 24.1 Å². The molecule has 58 valence electrons. The molecule has 0 atom stereocenters. The lowest BCUT2D eigenvalue weighted by Gasteiger charge is -2.23. The molecule has 0 N–H and O–H groups in total. The summed E-state index contributed by atoms with van der Waals surface area (Å²) in [5, 5.41) is 2.46. The van der Waals surface area contributed by atoms with E-state index in [2.05, 4.69) is 0 Å². The summed E-state index contributed by atoms with van der Waals surface area (Å²) in [5.74, 6) is 0. The van der Waals surface area contributed by atoms with Gasteiger partial charge in [0, 0.05) is 59.3 Å². The molecule has 0 bridgehead atoms. The van der Waals surface area contributed by atoms with E-state index < -0.39 is 0 Å². The minimum absolute atomic E-state index is 0.190. The van der Waals surface area contributed by atoms with Gasteiger partial charge in [-0.3, -0.25) is 9.59 Å². The van der Waals surface area contributed by atoms with Gasteiger partial charge in [-0.15, -0.1) is 0 Å². The first-order valence-corrected chi connectivity index (χ1v) is 4.49. The summed E-state index contributed by atoms with van der Waals surface area (Å²) < 4.78 is -0.379. The van der Waals surface area contributed by atoms with Crippen LogP contribution < -0.4 is 0 Å². The van der Waals surface area contributed by atoms with E-state index in [4.69, 9.17) is 0 Å². The van der Waals surface area contributed by atoms with E-state index in [0.29, 0.717) is 0 Å². The second kappa shape index (κ2) is 4.31. The van der Waals surface area contributed by atoms with Crippen LogP contribution in [-0.2, 0) is 0 Å². The van der Waals surface area contributed by atoms with Crippen molar-refractivity contribution in [3.8, 4) is 0 Å². The van der Waals surface area contributed by atoms with Gasteiger partial charge in [-0.1, -0.05) is 0 Å². The van der Waals surface area contributed by atoms with Crippen LogP contribution in [0.5, 0.6) is 0 Å². The average Bonchev–Trinajstić information content (AvgIpc) is 1.84. The molecule has 0 heterocycles. The molecule has 10 heavy (non-hydrogen) atoms. The molecule has 0 aromatic rings. The third-order valence-corrected chi connectivity index (χ3v) is 2.36. The smallest absolute Gasteiger partial charge is 0.261 e. The van der Waals surface area contributed by atoms with Gasteiger partial charge in [0.15, 0.2) is 0 Å². The van der Waals surface area contributed by atoms with Gasteiger partial charge in [0.25, 0.3) is 0 Å². The van der Waals surface area contributed by atoms with Crippen LogP contribution in [-0.4, -0.2) is 31.9 Å². The third-order valence-electron chi connectivity index (χ3n) is 0.959. The lowest BCUT2D eigenvalue weighted by Crippen LogP contribution is -2.39. The van der Waals surface area contributed by atoms with Crippen molar-refractivity contribution in [2.75, 3.05) is 14.1 Å². The van der Waals surface area contributed by atoms with E-state index >= 15 is 0 Å². The van der Waals surface area contributed by atoms with Crippen molar-refractivity contribution in [3.63, 3.8) is 0 Å². The van der Waals surface area contributed by atoms with Gasteiger partial charge in [0.2, 0.25) is 0 Å². The molecule has 0 aliphatic rings. The fraction of sp³-hybridized carbons (Fsp3) is 0.500. The first-order valence-electron chi connectivity index (χ1n) is 2.33. The van der Waals surface area contributed by atoms with Crippen LogP contribution >= 0.6 is 45.2 Å². The Morgan fingerprint density at radius 2 is 1.20 bits per heavy atom. The van der Waals surface area contributed by atoms with E-state index in [1.807, 2.05) is 0 Å². The number of halogens is 2. The number of rotatable bonds is 0. The van der Waals surface area contributed by atoms with Gasteiger partial charge in [0.1, 0.15) is 0 Å². The van der Waals surface area contributed by atoms with E-state index in [0.717, 1.165) is 0 Å². The minimum Gasteiger partial charge on any atom is -0.261 e. The monoisotopic (exact) mass is 368 g/mol. The Bertz CT molecular complexity index is 143. The Hall–Kier alpha value is 0.400. The van der Waals surface area contributed by atoms with Crippen molar-refractivity contribution in [1.82, 2.24) is 10.0 Å². The number of hydrogen-bond acceptors (Lipinski definition) is 2. The second-order valence-electron chi connectivity index (χ2n) is 1.55. The van der Waals surface area contributed by atoms with Gasteiger partial charge in [-0.05, 0) is 0 Å². The van der Waals surface area contributed by atoms with Gasteiger partial charge < -0.3 is 0 Å². The van der Waals surface area contributed by atoms with Gasteiger partial charge in [-0.25, -0.2) is 10.0 Å². The molecule has 0 aliphatic heterocycles. The Balaban J connectivity index is 4.07. The average molecular weight is 368 g/mol. The summed E-state index contributed by atoms with van der Waals surface area (Å²) in [6.45, 7) is 0. The number of carbonyl (C=O) groups excluding carboxylic acids is 2. The first-order chi connectivity index (χ1) is 4.46. The molecule has 0 saturated heterocycles. The molecule has 0 unspecified atom stereocenters. The van der Waals surface area contributed by atoms with Crippen molar-refractivity contribution in [2.24, 2.45) is 0 Å². The predicted molar refractivity (Wildman–Crippen MR) is 54.4 cm³/mol. The van der Waals surface area contributed by atoms with Crippen molar-refractivity contribution in [2.45, 2.75) is 0 Å². The van der Waals surface area contributed by atoms with E-state index in [9.17, 15) is 9.59 Å². The van der Waals surface area contributed by atoms with Crippen LogP contribution in [0.15, 0.2) is 0 Å². The molecule has 4 nitrogen and oxygen atoms in total. The number of hydrazine groups is 1. The zero-order chi connectivity index (χ0) is 8.31. The molecule has 0 spiro atoms. The summed E-state index contributed by atoms with van der Waals surface area (Å²) in [6.07, 6.45) is 0. The number of carbonyl (C=O) groups is 2. The highest BCUT2D eigenvalue weighted by Crippen LogP contribution is 2.04. The van der Waals surface area contributed by atoms with Crippen LogP contribution in [0.1, 0.15) is 0 Å². The van der Waals surface area contributed by atoms with E-state index in [-0.39, 0.29) is 7.83 Å². The normalized spacial score (nSPS) is 8.80. The highest BCUT2D eigenvalue weighted by atomic mass is 127. The second-order valence-corrected chi connectivity index (χ2v) is 3.40. The molecule has 0 aromatic heterocycles. The molecule has 0 aliphatic carbocycles. The SMILES string of the molecule is CN(C(=O)I)N(C)C(=O)I. The van der Waals surface area contributed by atoms with Gasteiger partial charge in [-0.2, -0.15) is 0 Å². The fourth-order valence-corrected chi connectivity index (χ4v) is 0.883. The zero-order valence-electron chi connectivity index (χ0n) is 5.47. The molecule has 2 amide bonds. The van der Waals surface area contributed by atoms with Gasteiger partial charge in [0.05, 0.1) is 0 Å². The largest absolute Gasteiger partial charge is 0.301 e. The Labute approximate surface area is 86.2 Å². The Kier molecular flexibility index (Phi) is 4.49. The maximum atomic E-state index is 10.6. The lowest BCUT2D eigenvalue weighted by atomic mass is 11.0. The van der Waals surface area contributed by atoms with Crippen molar-refractivity contribution < 1.29 is 9.59 Å². The third kappa shape index (κ3) is 2.99. The molecule has 0 fully saturated rings. The van der Waals surface area contributed by atoms with Crippen LogP contribution in [0.25, 0.3) is 0 Å². The topological polar surface area (TPSA) is 40.6 Å². The maximum absolute atomic E-state index is 10.6. The van der Waals surface area contributed by atoms with E-state index in [1.54, 1.807) is 45.2 Å². The summed E-state index contributed by atoms with van der Waals surface area (Å²) in [7, 11) is 3.07. The molecular formula is C4H6I2N2O2. The van der Waals surface area contributed by atoms with Gasteiger partial charge >= 0.3 is 7.83 Å². The number of amides is 2. The molecule has 0 rings (SSSR count). The quantitative estimate of drug-likeness (QED) is 0.284. The number of nitrogens with zero attached hydrogens (tertiary/aromatic N) is 2. The summed E-state index contributed by atoms with van der Waals surface area (Å²) in [4.78, 5) is 21.2. The van der Waals surface area contributed by atoms with Crippen LogP contribution in [0.3, 0.4) is 0 Å². The van der Waals surface area contributed by atoms with Crippen LogP contribution in [0.2, 0.25) is 0 Å². The zero-order valence-corrected chi connectivity index (χ0v) is 9.78. The van der Waals surface area contributed by atoms with Crippen molar-refractivity contribution in [1.29, 1.82) is 0 Å². The standard InChI is InChI=1S/C4H6I2N2O2/c1-7(3(5)9)8(2)4(6)10/h1-2H3. The molecule has 0 radical (unpaired) electrons. The molecule has 0 saturated carbocycles. The van der Waals surface area contributed by atoms with Crippen LogP contribution in [0, 0.1) is 0 Å². The maximum Gasteiger partial charge on any atom is 0.301 e. The molecular weight excluding hydrogens is 362 g/mol. The molecule has 6 heteroatoms. The fourth-order valence-electron chi connectivity index (χ4n) is 0.236. The summed E-state index contributed by atoms with van der Waals surface area (Å²) in [5.41, 5.74) is 0. The lowest BCUT2D eigenvalue weighted by molar-refractivity contribution is 0.121. The Morgan fingerprint density at radius 1 is 1.00 bits per heavy atom. The molecule has 0 aromatic carbocycles. The van der Waals surface area contributed by atoms with Crippen molar-refractivity contribution >= 4 is 53.0 Å². The highest BCUT2D eigenvalue weighted by molar-refractivity contribution is 14.1. The number of hydrogen-bond donors (Lipinski definition) is 0. The first kappa shape index (κ1) is 10.4. The summed E-state index contributed by atoms with van der Waals surface area (Å²) in [6, 6.07) is 0. The van der Waals surface area contributed by atoms with Crippen LogP contribution in [0.4, 0.5) is 9.59 Å².